The monoisotopic (exact) mass is 443 g/mol. The van der Waals surface area contributed by atoms with Gasteiger partial charge in [0.1, 0.15) is 0 Å². The second-order valence-electron chi connectivity index (χ2n) is 8.23. The van der Waals surface area contributed by atoms with E-state index in [2.05, 4.69) is 10.0 Å². The van der Waals surface area contributed by atoms with Crippen LogP contribution in [0.25, 0.3) is 0 Å². The van der Waals surface area contributed by atoms with Crippen molar-refractivity contribution in [2.45, 2.75) is 31.6 Å². The Kier molecular flexibility index (Phi) is 7.33. The van der Waals surface area contributed by atoms with E-state index in [9.17, 15) is 18.0 Å². The maximum Gasteiger partial charge on any atom is 0.261 e. The van der Waals surface area contributed by atoms with Gasteiger partial charge in [-0.3, -0.25) is 14.3 Å². The zero-order valence-electron chi connectivity index (χ0n) is 17.9. The number of sulfonamides is 1. The van der Waals surface area contributed by atoms with Crippen molar-refractivity contribution in [3.8, 4) is 0 Å². The average molecular weight is 444 g/mol. The number of nitrogens with one attached hydrogen (secondary N) is 2. The van der Waals surface area contributed by atoms with E-state index in [0.29, 0.717) is 36.8 Å². The van der Waals surface area contributed by atoms with Gasteiger partial charge in [-0.25, -0.2) is 8.42 Å². The van der Waals surface area contributed by atoms with Crippen LogP contribution in [0.15, 0.2) is 59.5 Å². The number of carbonyl (C=O) groups excluding carboxylic acids is 2. The summed E-state index contributed by atoms with van der Waals surface area (Å²) >= 11 is 0. The number of nitrogens with zero attached hydrogens (tertiary/aromatic N) is 1. The molecule has 0 radical (unpaired) electrons. The molecule has 1 aliphatic rings. The molecule has 2 aromatic carbocycles. The zero-order chi connectivity index (χ0) is 22.4. The summed E-state index contributed by atoms with van der Waals surface area (Å²) in [5.74, 6) is 0.0206. The first-order valence-corrected chi connectivity index (χ1v) is 12.0. The third-order valence-corrected chi connectivity index (χ3v) is 6.60. The van der Waals surface area contributed by atoms with E-state index in [4.69, 9.17) is 0 Å². The van der Waals surface area contributed by atoms with E-state index in [1.807, 2.05) is 13.8 Å². The van der Waals surface area contributed by atoms with Gasteiger partial charge in [0.05, 0.1) is 10.8 Å². The summed E-state index contributed by atoms with van der Waals surface area (Å²) < 4.78 is 27.4. The number of anilines is 1. The lowest BCUT2D eigenvalue weighted by Crippen LogP contribution is -2.46. The minimum atomic E-state index is -3.69. The fourth-order valence-corrected chi connectivity index (χ4v) is 4.58. The van der Waals surface area contributed by atoms with Crippen molar-refractivity contribution in [3.63, 3.8) is 0 Å². The second kappa shape index (κ2) is 9.96. The predicted octanol–water partition coefficient (Wildman–Crippen LogP) is 3.11. The van der Waals surface area contributed by atoms with Crippen LogP contribution in [0.2, 0.25) is 0 Å². The van der Waals surface area contributed by atoms with Crippen molar-refractivity contribution in [2.24, 2.45) is 11.8 Å². The van der Waals surface area contributed by atoms with Crippen LogP contribution in [0, 0.1) is 11.8 Å². The molecule has 0 aliphatic carbocycles. The van der Waals surface area contributed by atoms with Crippen molar-refractivity contribution in [1.82, 2.24) is 10.2 Å². The standard InChI is InChI=1S/C23H29N3O4S/c1-17(2)15-24-22(27)19-7-6-14-26(16-19)23(28)18-10-12-20(13-11-18)25-31(29,30)21-8-4-3-5-9-21/h3-5,8-13,17,19,25H,6-7,14-16H2,1-2H3,(H,24,27)/t19-/m0/s1. The molecule has 1 heterocycles. The summed E-state index contributed by atoms with van der Waals surface area (Å²) in [5.41, 5.74) is 0.843. The van der Waals surface area contributed by atoms with Crippen LogP contribution in [0.1, 0.15) is 37.0 Å². The Hall–Kier alpha value is -2.87. The van der Waals surface area contributed by atoms with Crippen LogP contribution in [0.4, 0.5) is 5.69 Å². The molecule has 8 heteroatoms. The van der Waals surface area contributed by atoms with Crippen LogP contribution in [-0.2, 0) is 14.8 Å². The van der Waals surface area contributed by atoms with Crippen molar-refractivity contribution in [3.05, 3.63) is 60.2 Å². The van der Waals surface area contributed by atoms with Gasteiger partial charge in [0, 0.05) is 30.9 Å². The van der Waals surface area contributed by atoms with Gasteiger partial charge < -0.3 is 10.2 Å². The molecule has 0 saturated carbocycles. The zero-order valence-corrected chi connectivity index (χ0v) is 18.7. The molecule has 2 aromatic rings. The van der Waals surface area contributed by atoms with Crippen molar-refractivity contribution >= 4 is 27.5 Å². The Bertz CT molecular complexity index is 1000. The molecular weight excluding hydrogens is 414 g/mol. The molecule has 31 heavy (non-hydrogen) atoms. The van der Waals surface area contributed by atoms with Gasteiger partial charge in [-0.15, -0.1) is 0 Å². The van der Waals surface area contributed by atoms with Gasteiger partial charge in [0.2, 0.25) is 5.91 Å². The summed E-state index contributed by atoms with van der Waals surface area (Å²) in [6.07, 6.45) is 1.55. The highest BCUT2D eigenvalue weighted by atomic mass is 32.2. The van der Waals surface area contributed by atoms with E-state index in [-0.39, 0.29) is 22.6 Å². The average Bonchev–Trinajstić information content (AvgIpc) is 2.78. The summed E-state index contributed by atoms with van der Waals surface area (Å²) in [6, 6.07) is 14.5. The normalized spacial score (nSPS) is 16.7. The van der Waals surface area contributed by atoms with Crippen LogP contribution in [0.3, 0.4) is 0 Å². The van der Waals surface area contributed by atoms with Gasteiger partial charge in [-0.05, 0) is 55.2 Å². The van der Waals surface area contributed by atoms with Crippen LogP contribution in [0.5, 0.6) is 0 Å². The van der Waals surface area contributed by atoms with Gasteiger partial charge in [-0.1, -0.05) is 32.0 Å². The summed E-state index contributed by atoms with van der Waals surface area (Å²) in [5, 5.41) is 2.95. The van der Waals surface area contributed by atoms with Crippen LogP contribution >= 0.6 is 0 Å². The van der Waals surface area contributed by atoms with Crippen molar-refractivity contribution in [2.75, 3.05) is 24.4 Å². The molecule has 1 saturated heterocycles. The predicted molar refractivity (Wildman–Crippen MR) is 120 cm³/mol. The first-order chi connectivity index (χ1) is 14.8. The molecule has 3 rings (SSSR count). The topological polar surface area (TPSA) is 95.6 Å². The molecule has 2 N–H and O–H groups in total. The summed E-state index contributed by atoms with van der Waals surface area (Å²) in [7, 11) is -3.69. The van der Waals surface area contributed by atoms with E-state index in [1.54, 1.807) is 47.4 Å². The number of rotatable bonds is 7. The first kappa shape index (κ1) is 22.8. The van der Waals surface area contributed by atoms with Crippen molar-refractivity contribution in [1.29, 1.82) is 0 Å². The smallest absolute Gasteiger partial charge is 0.261 e. The maximum absolute atomic E-state index is 12.9. The van der Waals surface area contributed by atoms with Gasteiger partial charge in [0.15, 0.2) is 0 Å². The number of benzene rings is 2. The Labute approximate surface area is 183 Å². The molecule has 0 spiro atoms. The number of piperidine rings is 1. The summed E-state index contributed by atoms with van der Waals surface area (Å²) in [4.78, 5) is 27.2. The molecule has 0 aromatic heterocycles. The minimum absolute atomic E-state index is 0.00290. The molecule has 0 unspecified atom stereocenters. The number of carbonyl (C=O) groups is 2. The third kappa shape index (κ3) is 6.07. The van der Waals surface area contributed by atoms with Crippen molar-refractivity contribution < 1.29 is 18.0 Å². The first-order valence-electron chi connectivity index (χ1n) is 10.5. The second-order valence-corrected chi connectivity index (χ2v) is 9.91. The fraction of sp³-hybridized carbons (Fsp3) is 0.391. The molecule has 1 aliphatic heterocycles. The molecule has 0 bridgehead atoms. The molecular formula is C23H29N3O4S. The maximum atomic E-state index is 12.9. The van der Waals surface area contributed by atoms with Gasteiger partial charge in [-0.2, -0.15) is 0 Å². The van der Waals surface area contributed by atoms with Gasteiger partial charge in [0.25, 0.3) is 15.9 Å². The molecule has 1 atom stereocenters. The van der Waals surface area contributed by atoms with Gasteiger partial charge >= 0.3 is 0 Å². The van der Waals surface area contributed by atoms with E-state index < -0.39 is 10.0 Å². The Balaban J connectivity index is 1.63. The molecule has 1 fully saturated rings. The molecule has 166 valence electrons. The quantitative estimate of drug-likeness (QED) is 0.687. The number of likely N-dealkylation sites (tertiary alicyclic amines) is 1. The van der Waals surface area contributed by atoms with Crippen LogP contribution in [-0.4, -0.2) is 44.8 Å². The lowest BCUT2D eigenvalue weighted by molar-refractivity contribution is -0.126. The highest BCUT2D eigenvalue weighted by Gasteiger charge is 2.29. The third-order valence-electron chi connectivity index (χ3n) is 5.20. The summed E-state index contributed by atoms with van der Waals surface area (Å²) in [6.45, 7) is 5.71. The van der Waals surface area contributed by atoms with Crippen LogP contribution < -0.4 is 10.0 Å². The van der Waals surface area contributed by atoms with E-state index in [0.717, 1.165) is 12.8 Å². The Morgan fingerprint density at radius 3 is 2.39 bits per heavy atom. The number of hydrogen-bond acceptors (Lipinski definition) is 4. The molecule has 7 nitrogen and oxygen atoms in total. The number of amides is 2. The fourth-order valence-electron chi connectivity index (χ4n) is 3.50. The SMILES string of the molecule is CC(C)CNC(=O)[C@H]1CCCN(C(=O)c2ccc(NS(=O)(=O)c3ccccc3)cc2)C1. The van der Waals surface area contributed by atoms with E-state index >= 15 is 0 Å². The molecule has 2 amide bonds. The highest BCUT2D eigenvalue weighted by Crippen LogP contribution is 2.21. The Morgan fingerprint density at radius 2 is 1.74 bits per heavy atom. The highest BCUT2D eigenvalue weighted by molar-refractivity contribution is 7.92. The van der Waals surface area contributed by atoms with E-state index in [1.165, 1.54) is 12.1 Å². The lowest BCUT2D eigenvalue weighted by atomic mass is 9.96. The number of hydrogen-bond donors (Lipinski definition) is 2. The Morgan fingerprint density at radius 1 is 1.06 bits per heavy atom. The minimum Gasteiger partial charge on any atom is -0.356 e. The largest absolute Gasteiger partial charge is 0.356 e. The lowest BCUT2D eigenvalue weighted by Gasteiger charge is -2.32.